The number of piperidine rings is 1. The fourth-order valence-corrected chi connectivity index (χ4v) is 5.64. The molecule has 0 aliphatic carbocycles. The Morgan fingerprint density at radius 3 is 2.74 bits per heavy atom. The molecule has 2 fully saturated rings. The van der Waals surface area contributed by atoms with E-state index in [1.165, 1.54) is 4.52 Å². The third-order valence-electron chi connectivity index (χ3n) is 7.85. The zero-order valence-electron chi connectivity index (χ0n) is 21.5. The van der Waals surface area contributed by atoms with E-state index in [4.69, 9.17) is 15.5 Å². The van der Waals surface area contributed by atoms with Crippen molar-refractivity contribution < 1.29 is 22.3 Å². The lowest BCUT2D eigenvalue weighted by Gasteiger charge is -2.44. The number of aromatic nitrogens is 4. The van der Waals surface area contributed by atoms with Crippen LogP contribution in [-0.2, 0) is 4.74 Å². The van der Waals surface area contributed by atoms with Crippen LogP contribution in [0.5, 0.6) is 0 Å². The molecule has 13 heteroatoms. The van der Waals surface area contributed by atoms with Gasteiger partial charge < -0.3 is 15.8 Å². The molecule has 0 aromatic carbocycles. The van der Waals surface area contributed by atoms with Crippen LogP contribution in [0.4, 0.5) is 35.0 Å². The number of hydrogen-bond acceptors (Lipinski definition) is 8. The largest absolute Gasteiger partial charge is 0.382 e. The molecule has 3 aromatic rings. The number of rotatable bonds is 8. The summed E-state index contributed by atoms with van der Waals surface area (Å²) in [6.45, 7) is 2.57. The SMILES string of the molecule is CC1=Nc2ccc(-c3c(F)cn4nc(N[C@@H]5CCN(C6COC6)CC5(F)F)nc(N)c34)nc2C1CCCCF. The number of halogens is 4. The summed E-state index contributed by atoms with van der Waals surface area (Å²) in [5, 5.41) is 6.98. The Balaban J connectivity index is 1.27. The molecule has 2 saturated heterocycles. The summed E-state index contributed by atoms with van der Waals surface area (Å²) in [6, 6.07) is 2.26. The topological polar surface area (TPSA) is 106 Å². The van der Waals surface area contributed by atoms with E-state index in [9.17, 15) is 13.2 Å². The number of nitrogens with two attached hydrogens (primary N) is 1. The van der Waals surface area contributed by atoms with Crippen LogP contribution >= 0.6 is 0 Å². The Morgan fingerprint density at radius 2 is 2.03 bits per heavy atom. The van der Waals surface area contributed by atoms with Crippen molar-refractivity contribution in [3.05, 3.63) is 29.8 Å². The molecular formula is C26H30F4N8O. The first-order chi connectivity index (χ1) is 18.7. The highest BCUT2D eigenvalue weighted by molar-refractivity contribution is 5.96. The minimum atomic E-state index is -3.02. The van der Waals surface area contributed by atoms with E-state index >= 15 is 4.39 Å². The van der Waals surface area contributed by atoms with Gasteiger partial charge in [0.1, 0.15) is 5.52 Å². The molecule has 0 spiro atoms. The lowest BCUT2D eigenvalue weighted by molar-refractivity contribution is -0.131. The van der Waals surface area contributed by atoms with Crippen LogP contribution in [0, 0.1) is 5.82 Å². The first-order valence-corrected chi connectivity index (χ1v) is 13.2. The molecule has 1 unspecified atom stereocenters. The van der Waals surface area contributed by atoms with Crippen LogP contribution < -0.4 is 11.1 Å². The Morgan fingerprint density at radius 1 is 1.21 bits per heavy atom. The molecule has 2 atom stereocenters. The van der Waals surface area contributed by atoms with Gasteiger partial charge in [-0.25, -0.2) is 22.7 Å². The van der Waals surface area contributed by atoms with Gasteiger partial charge in [0.05, 0.1) is 67.4 Å². The summed E-state index contributed by atoms with van der Waals surface area (Å²) < 4.78 is 64.2. The van der Waals surface area contributed by atoms with Crippen molar-refractivity contribution in [2.45, 2.75) is 56.5 Å². The first kappa shape index (κ1) is 25.9. The van der Waals surface area contributed by atoms with Crippen molar-refractivity contribution in [2.75, 3.05) is 44.0 Å². The molecule has 3 aromatic heterocycles. The number of likely N-dealkylation sites (tertiary alicyclic amines) is 1. The maximum absolute atomic E-state index is 15.3. The van der Waals surface area contributed by atoms with Gasteiger partial charge in [0.25, 0.3) is 5.92 Å². The summed E-state index contributed by atoms with van der Waals surface area (Å²) >= 11 is 0. The van der Waals surface area contributed by atoms with Gasteiger partial charge in [-0.2, -0.15) is 4.98 Å². The standard InChI is InChI=1S/C26H30F4N8O/c1-14-16(4-2-3-8-27)22-19(32-14)6-5-18(33-22)21-17(28)10-38-23(21)24(31)35-25(36-38)34-20-7-9-37(13-26(20,29)30)15-11-39-12-15/h5-6,10,15-16,20H,2-4,7-9,11-13H2,1H3,(H3,31,34,35,36)/t16?,20-/m1/s1. The number of alkyl halides is 3. The zero-order valence-corrected chi connectivity index (χ0v) is 21.5. The quantitative estimate of drug-likeness (QED) is 0.319. The van der Waals surface area contributed by atoms with Crippen LogP contribution in [0.25, 0.3) is 16.8 Å². The van der Waals surface area contributed by atoms with Gasteiger partial charge in [0.2, 0.25) is 5.95 Å². The third-order valence-corrected chi connectivity index (χ3v) is 7.85. The number of nitrogens with zero attached hydrogens (tertiary/aromatic N) is 6. The maximum Gasteiger partial charge on any atom is 0.280 e. The first-order valence-electron chi connectivity index (χ1n) is 13.2. The summed E-state index contributed by atoms with van der Waals surface area (Å²) in [5.74, 6) is -3.88. The number of unbranched alkanes of at least 4 members (excludes halogenated alkanes) is 1. The summed E-state index contributed by atoms with van der Waals surface area (Å²) in [7, 11) is 0. The minimum Gasteiger partial charge on any atom is -0.382 e. The second-order valence-electron chi connectivity index (χ2n) is 10.5. The van der Waals surface area contributed by atoms with E-state index < -0.39 is 17.8 Å². The van der Waals surface area contributed by atoms with Crippen LogP contribution in [0.15, 0.2) is 23.3 Å². The Bertz CT molecular complexity index is 1420. The predicted octanol–water partition coefficient (Wildman–Crippen LogP) is 4.36. The highest BCUT2D eigenvalue weighted by Gasteiger charge is 2.47. The van der Waals surface area contributed by atoms with Crippen molar-refractivity contribution in [3.63, 3.8) is 0 Å². The molecule has 0 amide bonds. The fourth-order valence-electron chi connectivity index (χ4n) is 5.64. The van der Waals surface area contributed by atoms with Gasteiger partial charge in [-0.1, -0.05) is 0 Å². The summed E-state index contributed by atoms with van der Waals surface area (Å²) in [6.07, 6.45) is 3.17. The molecule has 9 nitrogen and oxygen atoms in total. The summed E-state index contributed by atoms with van der Waals surface area (Å²) in [4.78, 5) is 15.2. The molecule has 3 aliphatic rings. The second-order valence-corrected chi connectivity index (χ2v) is 10.5. The lowest BCUT2D eigenvalue weighted by atomic mass is 9.94. The van der Waals surface area contributed by atoms with Crippen molar-refractivity contribution in [1.82, 2.24) is 24.5 Å². The molecule has 3 N–H and O–H groups in total. The van der Waals surface area contributed by atoms with Gasteiger partial charge in [-0.15, -0.1) is 5.10 Å². The third kappa shape index (κ3) is 4.71. The second kappa shape index (κ2) is 10.0. The van der Waals surface area contributed by atoms with Crippen LogP contribution in [0.1, 0.15) is 44.2 Å². The van der Waals surface area contributed by atoms with Gasteiger partial charge in [0.15, 0.2) is 11.6 Å². The highest BCUT2D eigenvalue weighted by atomic mass is 19.3. The number of anilines is 2. The fraction of sp³-hybridized carbons (Fsp3) is 0.538. The van der Waals surface area contributed by atoms with Gasteiger partial charge >= 0.3 is 0 Å². The van der Waals surface area contributed by atoms with Crippen LogP contribution in [0.2, 0.25) is 0 Å². The van der Waals surface area contributed by atoms with Crippen LogP contribution in [-0.4, -0.2) is 81.2 Å². The maximum atomic E-state index is 15.3. The van der Waals surface area contributed by atoms with E-state index in [2.05, 4.69) is 20.4 Å². The van der Waals surface area contributed by atoms with E-state index in [0.717, 1.165) is 11.9 Å². The molecule has 0 bridgehead atoms. The number of pyridine rings is 1. The molecule has 0 saturated carbocycles. The molecule has 6 rings (SSSR count). The van der Waals surface area contributed by atoms with E-state index in [1.54, 1.807) is 17.0 Å². The van der Waals surface area contributed by atoms with Gasteiger partial charge in [-0.05, 0) is 44.7 Å². The predicted molar refractivity (Wildman–Crippen MR) is 139 cm³/mol. The van der Waals surface area contributed by atoms with Crippen molar-refractivity contribution in [1.29, 1.82) is 0 Å². The number of aliphatic imine (C=N–C) groups is 1. The van der Waals surface area contributed by atoms with Gasteiger partial charge in [0, 0.05) is 18.2 Å². The molecule has 3 aliphatic heterocycles. The van der Waals surface area contributed by atoms with Gasteiger partial charge in [-0.3, -0.25) is 14.3 Å². The lowest BCUT2D eigenvalue weighted by Crippen LogP contribution is -2.61. The molecule has 39 heavy (non-hydrogen) atoms. The number of fused-ring (bicyclic) bond motifs is 2. The number of ether oxygens (including phenoxy) is 1. The number of nitrogens with one attached hydrogen (secondary N) is 1. The highest BCUT2D eigenvalue weighted by Crippen LogP contribution is 2.40. The Kier molecular flexibility index (Phi) is 6.66. The number of hydrogen-bond donors (Lipinski definition) is 2. The summed E-state index contributed by atoms with van der Waals surface area (Å²) in [5.41, 5.74) is 9.20. The van der Waals surface area contributed by atoms with Crippen molar-refractivity contribution >= 4 is 28.7 Å². The normalized spacial score (nSPS) is 23.1. The smallest absolute Gasteiger partial charge is 0.280 e. The zero-order chi connectivity index (χ0) is 27.3. The molecular weight excluding hydrogens is 516 g/mol. The molecule has 0 radical (unpaired) electrons. The van der Waals surface area contributed by atoms with E-state index in [0.29, 0.717) is 56.1 Å². The Labute approximate surface area is 222 Å². The van der Waals surface area contributed by atoms with E-state index in [1.807, 2.05) is 6.92 Å². The van der Waals surface area contributed by atoms with Crippen molar-refractivity contribution in [2.24, 2.45) is 4.99 Å². The molecule has 6 heterocycles. The average Bonchev–Trinajstić information content (AvgIpc) is 3.35. The monoisotopic (exact) mass is 546 g/mol. The van der Waals surface area contributed by atoms with Crippen molar-refractivity contribution in [3.8, 4) is 11.3 Å². The number of nitrogen functional groups attached to an aromatic ring is 1. The Hall–Kier alpha value is -3.32. The van der Waals surface area contributed by atoms with Crippen LogP contribution in [0.3, 0.4) is 0 Å². The van der Waals surface area contributed by atoms with E-state index in [-0.39, 0.29) is 54.4 Å². The molecule has 208 valence electrons. The minimum absolute atomic E-state index is 0.0232. The average molecular weight is 547 g/mol.